The number of halogens is 1. The lowest BCUT2D eigenvalue weighted by molar-refractivity contribution is -0.0212. The van der Waals surface area contributed by atoms with Gasteiger partial charge in [-0.25, -0.2) is 9.18 Å². The summed E-state index contributed by atoms with van der Waals surface area (Å²) in [5.41, 5.74) is 0.157. The van der Waals surface area contributed by atoms with Crippen LogP contribution in [-0.2, 0) is 4.74 Å². The highest BCUT2D eigenvalue weighted by Gasteiger charge is 2.39. The summed E-state index contributed by atoms with van der Waals surface area (Å²) in [5, 5.41) is 12.5. The molecule has 1 amide bonds. The van der Waals surface area contributed by atoms with Crippen LogP contribution in [0.15, 0.2) is 18.2 Å². The Labute approximate surface area is 153 Å². The summed E-state index contributed by atoms with van der Waals surface area (Å²) in [5.74, 6) is -0.545. The number of fused-ring (bicyclic) bond motifs is 1. The zero-order chi connectivity index (χ0) is 18.9. The fraction of sp³-hybridized carbons (Fsp3) is 0.579. The van der Waals surface area contributed by atoms with Crippen LogP contribution in [0.1, 0.15) is 37.9 Å². The minimum atomic E-state index is -0.593. The zero-order valence-electron chi connectivity index (χ0n) is 15.5. The Balaban J connectivity index is 1.92. The lowest BCUT2D eigenvalue weighted by atomic mass is 9.97. The lowest BCUT2D eigenvalue weighted by Crippen LogP contribution is -2.63. The number of hydrogen-bond acceptors (Lipinski definition) is 5. The smallest absolute Gasteiger partial charge is 0.410 e. The van der Waals surface area contributed by atoms with Crippen LogP contribution in [0.25, 0.3) is 0 Å². The van der Waals surface area contributed by atoms with Crippen molar-refractivity contribution in [2.45, 2.75) is 38.5 Å². The molecule has 2 atom stereocenters. The summed E-state index contributed by atoms with van der Waals surface area (Å²) >= 11 is 0. The number of nitrogens with one attached hydrogen (secondary N) is 1. The molecule has 2 aliphatic heterocycles. The van der Waals surface area contributed by atoms with Gasteiger partial charge in [0.1, 0.15) is 17.5 Å². The summed E-state index contributed by atoms with van der Waals surface area (Å²) in [7, 11) is 0. The van der Waals surface area contributed by atoms with Gasteiger partial charge in [-0.15, -0.1) is 0 Å². The number of carbonyl (C=O) groups is 1. The van der Waals surface area contributed by atoms with Crippen molar-refractivity contribution in [2.75, 3.05) is 32.7 Å². The van der Waals surface area contributed by atoms with Crippen LogP contribution in [-0.4, -0.2) is 60.3 Å². The zero-order valence-corrected chi connectivity index (χ0v) is 15.5. The Kier molecular flexibility index (Phi) is 5.17. The van der Waals surface area contributed by atoms with Gasteiger partial charge in [0.15, 0.2) is 0 Å². The van der Waals surface area contributed by atoms with Crippen molar-refractivity contribution >= 4 is 6.09 Å². The molecular formula is C19H25FN4O2. The van der Waals surface area contributed by atoms with Gasteiger partial charge in [-0.05, 0) is 38.5 Å². The van der Waals surface area contributed by atoms with Gasteiger partial charge in [0.2, 0.25) is 0 Å². The van der Waals surface area contributed by atoms with E-state index < -0.39 is 11.4 Å². The van der Waals surface area contributed by atoms with E-state index in [1.54, 1.807) is 17.0 Å². The minimum Gasteiger partial charge on any atom is -0.444 e. The average Bonchev–Trinajstić information content (AvgIpc) is 2.59. The maximum Gasteiger partial charge on any atom is 0.410 e. The molecule has 140 valence electrons. The number of nitrogens with zero attached hydrogens (tertiary/aromatic N) is 3. The standard InChI is InChI=1S/C19H25FN4O2/c1-19(2,3)26-18(25)24-11-15-10-22-6-7-23(15)12-17(24)13-4-5-16(20)14(8-13)9-21/h4-5,8,15,17,22H,6-7,10-12H2,1-3H3/t15-,17-/m0/s1. The average molecular weight is 360 g/mol. The molecule has 0 aromatic heterocycles. The van der Waals surface area contributed by atoms with Gasteiger partial charge in [0, 0.05) is 38.8 Å². The molecule has 0 saturated carbocycles. The molecule has 0 radical (unpaired) electrons. The van der Waals surface area contributed by atoms with Crippen molar-refractivity contribution in [1.82, 2.24) is 15.1 Å². The second-order valence-electron chi connectivity index (χ2n) is 7.85. The van der Waals surface area contributed by atoms with Gasteiger partial charge in [-0.2, -0.15) is 5.26 Å². The maximum absolute atomic E-state index is 13.7. The third kappa shape index (κ3) is 3.97. The number of benzene rings is 1. The van der Waals surface area contributed by atoms with E-state index in [-0.39, 0.29) is 23.7 Å². The summed E-state index contributed by atoms with van der Waals surface area (Å²) in [6, 6.07) is 6.33. The molecule has 0 spiro atoms. The van der Waals surface area contributed by atoms with Gasteiger partial charge in [0.05, 0.1) is 11.6 Å². The number of hydrogen-bond donors (Lipinski definition) is 1. The number of carbonyl (C=O) groups excluding carboxylic acids is 1. The Morgan fingerprint density at radius 2 is 2.15 bits per heavy atom. The molecule has 0 unspecified atom stereocenters. The molecule has 0 aliphatic carbocycles. The first-order chi connectivity index (χ1) is 12.3. The molecule has 1 aromatic rings. The molecular weight excluding hydrogens is 335 g/mol. The van der Waals surface area contributed by atoms with Gasteiger partial charge in [0.25, 0.3) is 0 Å². The van der Waals surface area contributed by atoms with Crippen LogP contribution in [0.3, 0.4) is 0 Å². The number of piperazine rings is 2. The number of amides is 1. The summed E-state index contributed by atoms with van der Waals surface area (Å²) in [6.45, 7) is 9.31. The fourth-order valence-electron chi connectivity index (χ4n) is 3.54. The van der Waals surface area contributed by atoms with Crippen LogP contribution in [0, 0.1) is 17.1 Å². The highest BCUT2D eigenvalue weighted by Crippen LogP contribution is 2.31. The lowest BCUT2D eigenvalue weighted by Gasteiger charge is -2.48. The highest BCUT2D eigenvalue weighted by atomic mass is 19.1. The normalized spacial score (nSPS) is 23.9. The molecule has 7 heteroatoms. The second kappa shape index (κ2) is 7.22. The van der Waals surface area contributed by atoms with E-state index in [4.69, 9.17) is 10.00 Å². The summed E-state index contributed by atoms with van der Waals surface area (Å²) < 4.78 is 19.3. The second-order valence-corrected chi connectivity index (χ2v) is 7.85. The van der Waals surface area contributed by atoms with Gasteiger partial charge in [-0.1, -0.05) is 6.07 Å². The largest absolute Gasteiger partial charge is 0.444 e. The van der Waals surface area contributed by atoms with Crippen LogP contribution < -0.4 is 5.32 Å². The molecule has 1 N–H and O–H groups in total. The predicted molar refractivity (Wildman–Crippen MR) is 95.0 cm³/mol. The predicted octanol–water partition coefficient (Wildman–Crippen LogP) is 2.26. The highest BCUT2D eigenvalue weighted by molar-refractivity contribution is 5.69. The molecule has 2 fully saturated rings. The SMILES string of the molecule is CC(C)(C)OC(=O)N1C[C@@H]2CNCCN2C[C@H]1c1ccc(F)c(C#N)c1. The van der Waals surface area contributed by atoms with E-state index >= 15 is 0 Å². The van der Waals surface area contributed by atoms with Crippen LogP contribution in [0.4, 0.5) is 9.18 Å². The van der Waals surface area contributed by atoms with Crippen molar-refractivity contribution in [1.29, 1.82) is 5.26 Å². The Bertz CT molecular complexity index is 725. The van der Waals surface area contributed by atoms with Crippen molar-refractivity contribution in [3.8, 4) is 6.07 Å². The van der Waals surface area contributed by atoms with E-state index in [2.05, 4.69) is 10.2 Å². The first-order valence-corrected chi connectivity index (χ1v) is 8.92. The number of nitriles is 1. The van der Waals surface area contributed by atoms with Crippen LogP contribution in [0.2, 0.25) is 0 Å². The van der Waals surface area contributed by atoms with Gasteiger partial charge >= 0.3 is 6.09 Å². The van der Waals surface area contributed by atoms with Crippen molar-refractivity contribution < 1.29 is 13.9 Å². The van der Waals surface area contributed by atoms with Crippen molar-refractivity contribution in [3.05, 3.63) is 35.1 Å². The maximum atomic E-state index is 13.7. The third-order valence-electron chi connectivity index (χ3n) is 4.79. The Morgan fingerprint density at radius 3 is 2.85 bits per heavy atom. The number of ether oxygens (including phenoxy) is 1. The molecule has 26 heavy (non-hydrogen) atoms. The van der Waals surface area contributed by atoms with E-state index in [0.717, 1.165) is 25.2 Å². The molecule has 1 aromatic carbocycles. The van der Waals surface area contributed by atoms with E-state index in [9.17, 15) is 9.18 Å². The minimum absolute atomic E-state index is 0.00549. The van der Waals surface area contributed by atoms with Crippen molar-refractivity contribution in [2.24, 2.45) is 0 Å². The summed E-state index contributed by atoms with van der Waals surface area (Å²) in [4.78, 5) is 16.9. The van der Waals surface area contributed by atoms with Crippen molar-refractivity contribution in [3.63, 3.8) is 0 Å². The van der Waals surface area contributed by atoms with E-state index in [1.165, 1.54) is 6.07 Å². The van der Waals surface area contributed by atoms with E-state index in [1.807, 2.05) is 26.8 Å². The first kappa shape index (κ1) is 18.6. The molecule has 3 rings (SSSR count). The molecule has 6 nitrogen and oxygen atoms in total. The Morgan fingerprint density at radius 1 is 1.38 bits per heavy atom. The van der Waals surface area contributed by atoms with Crippen LogP contribution in [0.5, 0.6) is 0 Å². The Hall–Kier alpha value is -2.17. The van der Waals surface area contributed by atoms with Gasteiger partial charge < -0.3 is 10.1 Å². The molecule has 2 heterocycles. The third-order valence-corrected chi connectivity index (χ3v) is 4.79. The monoisotopic (exact) mass is 360 g/mol. The number of rotatable bonds is 1. The summed E-state index contributed by atoms with van der Waals surface area (Å²) in [6.07, 6.45) is -0.379. The first-order valence-electron chi connectivity index (χ1n) is 8.92. The van der Waals surface area contributed by atoms with Crippen LogP contribution >= 0.6 is 0 Å². The topological polar surface area (TPSA) is 68.6 Å². The molecule has 0 bridgehead atoms. The molecule has 2 aliphatic rings. The molecule has 2 saturated heterocycles. The van der Waals surface area contributed by atoms with E-state index in [0.29, 0.717) is 13.1 Å². The van der Waals surface area contributed by atoms with Gasteiger partial charge in [-0.3, -0.25) is 9.80 Å². The fourth-order valence-corrected chi connectivity index (χ4v) is 3.54. The quantitative estimate of drug-likeness (QED) is 0.832.